The lowest BCUT2D eigenvalue weighted by Gasteiger charge is -2.36. The van der Waals surface area contributed by atoms with E-state index < -0.39 is 84.6 Å². The minimum absolute atomic E-state index is 0.0191. The number of aliphatic hydroxyl groups excluding tert-OH is 2. The van der Waals surface area contributed by atoms with Gasteiger partial charge in [-0.05, 0) is 57.8 Å². The molecule has 2 aromatic heterocycles. The van der Waals surface area contributed by atoms with Crippen molar-refractivity contribution in [3.05, 3.63) is 73.4 Å². The van der Waals surface area contributed by atoms with Crippen LogP contribution in [-0.4, -0.2) is 103 Å². The Morgan fingerprint density at radius 2 is 1.28 bits per heavy atom. The summed E-state index contributed by atoms with van der Waals surface area (Å²) in [5.74, 6) is -1.14. The molecule has 7 atom stereocenters. The van der Waals surface area contributed by atoms with Crippen molar-refractivity contribution in [2.24, 2.45) is 5.41 Å². The minimum Gasteiger partial charge on any atom is -0.790 e. The topological polar surface area (TPSA) is 375 Å². The Labute approximate surface area is 493 Å². The number of ether oxygens (including phenoxy) is 1. The van der Waals surface area contributed by atoms with Crippen molar-refractivity contribution in [3.63, 3.8) is 0 Å². The molecular weight excluding hydrogens is 1160 g/mol. The Morgan fingerprint density at radius 1 is 0.747 bits per heavy atom. The maximum Gasteiger partial charge on any atom is 0.274 e. The largest absolute Gasteiger partial charge is 0.790 e. The van der Waals surface area contributed by atoms with E-state index in [-0.39, 0.29) is 41.6 Å². The fourth-order valence-corrected chi connectivity index (χ4v) is 11.9. The highest BCUT2D eigenvalue weighted by Crippen LogP contribution is 2.56. The number of carbonyl (C=O) groups is 3. The number of hydrogen-bond acceptors (Lipinski definition) is 22. The van der Waals surface area contributed by atoms with Gasteiger partial charge in [-0.1, -0.05) is 170 Å². The number of anilines is 1. The quantitative estimate of drug-likeness (QED) is 0.0243. The van der Waals surface area contributed by atoms with E-state index >= 15 is 0 Å². The Hall–Kier alpha value is -3.74. The number of aliphatic hydroxyl groups is 2. The molecular formula is C55H88N7O17P3S-4. The van der Waals surface area contributed by atoms with Crippen molar-refractivity contribution in [1.29, 1.82) is 0 Å². The van der Waals surface area contributed by atoms with Gasteiger partial charge in [0.2, 0.25) is 11.8 Å². The van der Waals surface area contributed by atoms with Gasteiger partial charge in [0.15, 0.2) is 22.8 Å². The van der Waals surface area contributed by atoms with Gasteiger partial charge in [-0.25, -0.2) is 19.3 Å². The standard InChI is InChI=1S/C55H92N7O17P3S/c1-4-5-6-7-8-9-10-11-12-13-14-15-16-17-18-19-20-21-22-23-24-25-26-27-28-29-30-31-32-33-34-35-46(64)83-39-38-57-45(63)36-37-58-53(67)50(66)55(2,3)41-76-82(73,74)79-81(71,72)75-40-44-49(78-80(68,69)70)48(65)54(77-44)62-43-61-47-51(56)59-42-60-52(47)62/h8-9,11-12,14-15,17-18,20-21,42-44,48-50,54,65-66H,4-7,10,13,16,19,22-41H2,1-3H3,(H,57,63)(H,58,67)(H,71,72)(H,73,74)(H2,56,59,60)(H2,68,69,70)/p-4. The normalized spacial score (nSPS) is 19.0. The summed E-state index contributed by atoms with van der Waals surface area (Å²) >= 11 is 1.14. The summed E-state index contributed by atoms with van der Waals surface area (Å²) in [5.41, 5.74) is 4.10. The van der Waals surface area contributed by atoms with Crippen LogP contribution < -0.4 is 35.9 Å². The van der Waals surface area contributed by atoms with E-state index in [0.29, 0.717) is 12.2 Å². The van der Waals surface area contributed by atoms with Crippen LogP contribution in [0.25, 0.3) is 11.2 Å². The van der Waals surface area contributed by atoms with Gasteiger partial charge in [0.25, 0.3) is 15.6 Å². The highest BCUT2D eigenvalue weighted by atomic mass is 32.2. The van der Waals surface area contributed by atoms with Crippen molar-refractivity contribution in [1.82, 2.24) is 30.2 Å². The van der Waals surface area contributed by atoms with Gasteiger partial charge in [-0.3, -0.25) is 28.1 Å². The number of carbonyl (C=O) groups excluding carboxylic acids is 3. The smallest absolute Gasteiger partial charge is 0.274 e. The summed E-state index contributed by atoms with van der Waals surface area (Å²) in [6.07, 6.45) is 39.9. The van der Waals surface area contributed by atoms with Crippen LogP contribution in [0, 0.1) is 5.41 Å². The maximum atomic E-state index is 12.7. The van der Waals surface area contributed by atoms with Gasteiger partial charge < -0.3 is 69.0 Å². The summed E-state index contributed by atoms with van der Waals surface area (Å²) in [4.78, 5) is 97.3. The number of hydrogen-bond donors (Lipinski definition) is 5. The number of phosphoric acid groups is 3. The molecule has 1 aliphatic heterocycles. The molecule has 3 heterocycles. The van der Waals surface area contributed by atoms with E-state index in [1.165, 1.54) is 97.3 Å². The van der Waals surface area contributed by atoms with E-state index in [0.717, 1.165) is 80.4 Å². The summed E-state index contributed by atoms with van der Waals surface area (Å²) in [7, 11) is -17.6. The Kier molecular flexibility index (Phi) is 36.0. The number of imidazole rings is 1. The second-order valence-electron chi connectivity index (χ2n) is 20.8. The molecule has 28 heteroatoms. The molecule has 0 radical (unpaired) electrons. The van der Waals surface area contributed by atoms with Crippen molar-refractivity contribution >= 4 is 69.1 Å². The average Bonchev–Trinajstić information content (AvgIpc) is 2.22. The number of nitrogen functional groups attached to an aromatic ring is 1. The summed E-state index contributed by atoms with van der Waals surface area (Å²) < 4.78 is 61.0. The third-order valence-electron chi connectivity index (χ3n) is 13.1. The SMILES string of the molecule is CCCCCC=CCC=CCC=CCC=CCC=CCCCCCCCCCCCCCCC(=O)SCCNC(=O)CCNC(=O)C(O)C(C)(C)COP(=O)([O-])OP(=O)([O-])OCC1OC(n2cnc3c(N)ncnc32)C(O)C1OP(=O)([O-])[O-]. The number of unbranched alkanes of at least 4 members (excludes halogenated alkanes) is 15. The van der Waals surface area contributed by atoms with Gasteiger partial charge >= 0.3 is 0 Å². The van der Waals surface area contributed by atoms with E-state index in [9.17, 15) is 57.9 Å². The number of thioether (sulfide) groups is 1. The number of nitrogens with two attached hydrogens (primary N) is 1. The first-order valence-electron chi connectivity index (χ1n) is 28.8. The lowest BCUT2D eigenvalue weighted by Crippen LogP contribution is -2.46. The molecule has 1 saturated heterocycles. The Balaban J connectivity index is 1.15. The van der Waals surface area contributed by atoms with Crippen LogP contribution in [0.3, 0.4) is 0 Å². The summed E-state index contributed by atoms with van der Waals surface area (Å²) in [5, 5.41) is 26.6. The molecule has 1 fully saturated rings. The molecule has 0 bridgehead atoms. The molecule has 0 saturated carbocycles. The van der Waals surface area contributed by atoms with E-state index in [1.807, 2.05) is 0 Å². The zero-order valence-electron chi connectivity index (χ0n) is 48.2. The minimum atomic E-state index is -5.93. The molecule has 3 rings (SSSR count). The van der Waals surface area contributed by atoms with Gasteiger partial charge in [-0.2, -0.15) is 0 Å². The molecule has 7 unspecified atom stereocenters. The molecule has 470 valence electrons. The maximum absolute atomic E-state index is 12.7. The monoisotopic (exact) mass is 1240 g/mol. The van der Waals surface area contributed by atoms with E-state index in [1.54, 1.807) is 0 Å². The number of aromatic nitrogens is 4. The molecule has 2 amide bonds. The predicted octanol–water partition coefficient (Wildman–Crippen LogP) is 7.52. The molecule has 6 N–H and O–H groups in total. The summed E-state index contributed by atoms with van der Waals surface area (Å²) in [6, 6.07) is 0. The highest BCUT2D eigenvalue weighted by molar-refractivity contribution is 8.13. The van der Waals surface area contributed by atoms with E-state index in [4.69, 9.17) is 10.5 Å². The fourth-order valence-electron chi connectivity index (χ4n) is 8.48. The first-order valence-corrected chi connectivity index (χ1v) is 34.1. The third-order valence-corrected chi connectivity index (χ3v) is 17.1. The van der Waals surface area contributed by atoms with Gasteiger partial charge in [-0.15, -0.1) is 0 Å². The molecule has 0 aromatic carbocycles. The molecule has 2 aromatic rings. The number of amides is 2. The fraction of sp³-hybridized carbons (Fsp3) is 0.673. The van der Waals surface area contributed by atoms with Crippen molar-refractivity contribution in [3.8, 4) is 0 Å². The number of rotatable bonds is 46. The third kappa shape index (κ3) is 32.0. The van der Waals surface area contributed by atoms with Crippen LogP contribution in [0.1, 0.15) is 175 Å². The number of allylic oxidation sites excluding steroid dienone is 10. The van der Waals surface area contributed by atoms with Crippen LogP contribution in [0.5, 0.6) is 0 Å². The second kappa shape index (κ2) is 40.6. The van der Waals surface area contributed by atoms with Gasteiger partial charge in [0.05, 0.1) is 27.4 Å². The van der Waals surface area contributed by atoms with Gasteiger partial charge in [0, 0.05) is 37.1 Å². The first-order chi connectivity index (χ1) is 39.6. The predicted molar refractivity (Wildman–Crippen MR) is 311 cm³/mol. The van der Waals surface area contributed by atoms with Crippen molar-refractivity contribution in [2.45, 2.75) is 199 Å². The number of nitrogens with zero attached hydrogens (tertiary/aromatic N) is 4. The number of phosphoric ester groups is 3. The Morgan fingerprint density at radius 3 is 1.84 bits per heavy atom. The van der Waals surface area contributed by atoms with Crippen LogP contribution in [0.15, 0.2) is 73.4 Å². The number of fused-ring (bicyclic) bond motifs is 1. The number of nitrogens with one attached hydrogen (secondary N) is 2. The zero-order valence-corrected chi connectivity index (χ0v) is 51.7. The van der Waals surface area contributed by atoms with Crippen LogP contribution in [0.4, 0.5) is 5.82 Å². The molecule has 0 aliphatic carbocycles. The average molecular weight is 1240 g/mol. The zero-order chi connectivity index (χ0) is 61.0. The highest BCUT2D eigenvalue weighted by Gasteiger charge is 2.47. The van der Waals surface area contributed by atoms with Crippen LogP contribution in [0.2, 0.25) is 0 Å². The molecule has 24 nitrogen and oxygen atoms in total. The molecule has 83 heavy (non-hydrogen) atoms. The Bertz CT molecular complexity index is 2530. The van der Waals surface area contributed by atoms with Crippen LogP contribution in [-0.2, 0) is 50.7 Å². The first kappa shape index (κ1) is 73.5. The van der Waals surface area contributed by atoms with Crippen molar-refractivity contribution < 1.29 is 80.5 Å². The van der Waals surface area contributed by atoms with Gasteiger partial charge in [0.1, 0.15) is 36.3 Å². The lowest BCUT2D eigenvalue weighted by atomic mass is 9.87. The van der Waals surface area contributed by atoms with E-state index in [2.05, 4.69) is 111 Å². The second-order valence-corrected chi connectivity index (χ2v) is 26.0. The van der Waals surface area contributed by atoms with Crippen LogP contribution >= 0.6 is 35.2 Å². The lowest BCUT2D eigenvalue weighted by molar-refractivity contribution is -0.347. The molecule has 0 spiro atoms. The van der Waals surface area contributed by atoms with Crippen molar-refractivity contribution in [2.75, 3.05) is 37.8 Å². The molecule has 1 aliphatic rings. The summed E-state index contributed by atoms with van der Waals surface area (Å²) in [6.45, 7) is 2.40.